The lowest BCUT2D eigenvalue weighted by Gasteiger charge is -2.34. The van der Waals surface area contributed by atoms with E-state index in [0.717, 1.165) is 37.4 Å². The molecule has 1 aliphatic heterocycles. The zero-order chi connectivity index (χ0) is 14.4. The van der Waals surface area contributed by atoms with Gasteiger partial charge in [-0.15, -0.1) is 24.2 Å². The maximum Gasteiger partial charge on any atom is 0.230 e. The molecule has 1 amide bonds. The van der Waals surface area contributed by atoms with E-state index < -0.39 is 0 Å². The number of nitrogens with one attached hydrogen (secondary N) is 2. The molecule has 0 saturated carbocycles. The van der Waals surface area contributed by atoms with E-state index in [-0.39, 0.29) is 23.7 Å². The molecule has 1 heterocycles. The normalized spacial score (nSPS) is 16.9. The molecule has 0 unspecified atom stereocenters. The van der Waals surface area contributed by atoms with E-state index in [0.29, 0.717) is 5.75 Å². The van der Waals surface area contributed by atoms with Gasteiger partial charge in [-0.1, -0.05) is 24.6 Å². The summed E-state index contributed by atoms with van der Waals surface area (Å²) < 4.78 is 0. The van der Waals surface area contributed by atoms with E-state index in [1.54, 1.807) is 11.8 Å². The second-order valence-corrected chi connectivity index (χ2v) is 6.99. The third kappa shape index (κ3) is 6.29. The first-order chi connectivity index (χ1) is 9.57. The summed E-state index contributed by atoms with van der Waals surface area (Å²) in [6, 6.07) is 8.30. The van der Waals surface area contributed by atoms with Gasteiger partial charge in [0.1, 0.15) is 0 Å². The average Bonchev–Trinajstić information content (AvgIpc) is 2.45. The minimum atomic E-state index is 0. The number of benzene rings is 1. The van der Waals surface area contributed by atoms with Crippen LogP contribution < -0.4 is 10.6 Å². The third-order valence-corrected chi connectivity index (χ3v) is 4.93. The Bertz CT molecular complexity index is 444. The first-order valence-electron chi connectivity index (χ1n) is 7.24. The highest BCUT2D eigenvalue weighted by molar-refractivity contribution is 8.00. The molecule has 2 rings (SSSR count). The predicted molar refractivity (Wildman–Crippen MR) is 92.4 cm³/mol. The van der Waals surface area contributed by atoms with Crippen LogP contribution in [0.25, 0.3) is 0 Å². The van der Waals surface area contributed by atoms with Crippen LogP contribution in [0.4, 0.5) is 0 Å². The molecule has 1 aliphatic rings. The summed E-state index contributed by atoms with van der Waals surface area (Å²) >= 11 is 1.60. The van der Waals surface area contributed by atoms with Crippen molar-refractivity contribution in [1.82, 2.24) is 10.6 Å². The van der Waals surface area contributed by atoms with Crippen LogP contribution in [0, 0.1) is 12.3 Å². The van der Waals surface area contributed by atoms with Crippen LogP contribution in [0.1, 0.15) is 25.3 Å². The molecular formula is C16H25ClN2OS. The number of carbonyl (C=O) groups excluding carboxylic acids is 1. The Labute approximate surface area is 138 Å². The Hall–Kier alpha value is -0.710. The number of aryl methyl sites for hydroxylation is 1. The first-order valence-corrected chi connectivity index (χ1v) is 8.23. The Morgan fingerprint density at radius 2 is 1.90 bits per heavy atom. The fourth-order valence-corrected chi connectivity index (χ4v) is 3.08. The van der Waals surface area contributed by atoms with Gasteiger partial charge in [0, 0.05) is 11.4 Å². The molecular weight excluding hydrogens is 304 g/mol. The Morgan fingerprint density at radius 1 is 1.29 bits per heavy atom. The van der Waals surface area contributed by atoms with Crippen LogP contribution in [0.3, 0.4) is 0 Å². The summed E-state index contributed by atoms with van der Waals surface area (Å²) in [5.41, 5.74) is 1.51. The van der Waals surface area contributed by atoms with Gasteiger partial charge in [-0.25, -0.2) is 0 Å². The van der Waals surface area contributed by atoms with Gasteiger partial charge in [-0.2, -0.15) is 0 Å². The largest absolute Gasteiger partial charge is 0.355 e. The fraction of sp³-hybridized carbons (Fsp3) is 0.562. The van der Waals surface area contributed by atoms with Crippen molar-refractivity contribution in [3.63, 3.8) is 0 Å². The highest BCUT2D eigenvalue weighted by Crippen LogP contribution is 2.26. The number of thioether (sulfide) groups is 1. The second kappa shape index (κ2) is 8.66. The minimum Gasteiger partial charge on any atom is -0.355 e. The summed E-state index contributed by atoms with van der Waals surface area (Å²) in [5.74, 6) is 0.632. The smallest absolute Gasteiger partial charge is 0.230 e. The maximum atomic E-state index is 11.9. The number of hydrogen-bond donors (Lipinski definition) is 2. The molecule has 0 aliphatic carbocycles. The molecule has 118 valence electrons. The van der Waals surface area contributed by atoms with Crippen LogP contribution in [0.15, 0.2) is 29.2 Å². The highest BCUT2D eigenvalue weighted by Gasteiger charge is 2.26. The molecule has 0 aromatic heterocycles. The van der Waals surface area contributed by atoms with Crippen molar-refractivity contribution in [3.05, 3.63) is 29.8 Å². The Morgan fingerprint density at radius 3 is 2.52 bits per heavy atom. The predicted octanol–water partition coefficient (Wildman–Crippen LogP) is 3.01. The van der Waals surface area contributed by atoms with Crippen molar-refractivity contribution in [2.45, 2.75) is 31.6 Å². The molecule has 1 aromatic carbocycles. The summed E-state index contributed by atoms with van der Waals surface area (Å²) in [5, 5.41) is 6.45. The van der Waals surface area contributed by atoms with Crippen molar-refractivity contribution in [2.24, 2.45) is 5.41 Å². The zero-order valence-corrected chi connectivity index (χ0v) is 14.4. The summed E-state index contributed by atoms with van der Waals surface area (Å²) in [7, 11) is 0. The first kappa shape index (κ1) is 18.3. The second-order valence-electron chi connectivity index (χ2n) is 5.94. The molecule has 2 N–H and O–H groups in total. The van der Waals surface area contributed by atoms with Crippen molar-refractivity contribution in [1.29, 1.82) is 0 Å². The average molecular weight is 329 g/mol. The van der Waals surface area contributed by atoms with E-state index in [1.165, 1.54) is 5.56 Å². The molecule has 0 bridgehead atoms. The van der Waals surface area contributed by atoms with Crippen LogP contribution in [-0.4, -0.2) is 31.3 Å². The van der Waals surface area contributed by atoms with Crippen LogP contribution in [0.5, 0.6) is 0 Å². The van der Waals surface area contributed by atoms with Crippen LogP contribution in [-0.2, 0) is 4.79 Å². The monoisotopic (exact) mass is 328 g/mol. The van der Waals surface area contributed by atoms with Gasteiger partial charge in [0.15, 0.2) is 0 Å². The van der Waals surface area contributed by atoms with Gasteiger partial charge in [0.2, 0.25) is 5.91 Å². The van der Waals surface area contributed by atoms with Gasteiger partial charge < -0.3 is 10.6 Å². The number of hydrogen-bond acceptors (Lipinski definition) is 3. The van der Waals surface area contributed by atoms with Crippen molar-refractivity contribution in [3.8, 4) is 0 Å². The van der Waals surface area contributed by atoms with Gasteiger partial charge in [-0.3, -0.25) is 4.79 Å². The topological polar surface area (TPSA) is 41.1 Å². The molecule has 1 saturated heterocycles. The van der Waals surface area contributed by atoms with E-state index in [4.69, 9.17) is 0 Å². The van der Waals surface area contributed by atoms with Gasteiger partial charge in [0.25, 0.3) is 0 Å². The lowest BCUT2D eigenvalue weighted by Crippen LogP contribution is -2.43. The number of piperidine rings is 1. The van der Waals surface area contributed by atoms with E-state index in [9.17, 15) is 4.79 Å². The SMILES string of the molecule is Cc1ccc(SCC(=O)NCC2(C)CCNCC2)cc1.Cl. The quantitative estimate of drug-likeness (QED) is 0.816. The van der Waals surface area contributed by atoms with Crippen LogP contribution in [0.2, 0.25) is 0 Å². The maximum absolute atomic E-state index is 11.9. The molecule has 0 spiro atoms. The highest BCUT2D eigenvalue weighted by atomic mass is 35.5. The Balaban J connectivity index is 0.00000220. The lowest BCUT2D eigenvalue weighted by molar-refractivity contribution is -0.119. The minimum absolute atomic E-state index is 0. The summed E-state index contributed by atoms with van der Waals surface area (Å²) in [6.45, 7) is 7.25. The number of rotatable bonds is 5. The standard InChI is InChI=1S/C16H24N2OS.ClH/c1-13-3-5-14(6-4-13)20-11-15(19)18-12-16(2)7-9-17-10-8-16;/h3-6,17H,7-12H2,1-2H3,(H,18,19);1H. The van der Waals surface area contributed by atoms with E-state index in [1.807, 2.05) is 0 Å². The number of halogens is 1. The van der Waals surface area contributed by atoms with E-state index >= 15 is 0 Å². The van der Waals surface area contributed by atoms with E-state index in [2.05, 4.69) is 48.7 Å². The molecule has 3 nitrogen and oxygen atoms in total. The molecule has 21 heavy (non-hydrogen) atoms. The van der Waals surface area contributed by atoms with Crippen molar-refractivity contribution >= 4 is 30.1 Å². The number of carbonyl (C=O) groups is 1. The molecule has 1 aromatic rings. The number of amides is 1. The molecule has 5 heteroatoms. The van der Waals surface area contributed by atoms with Crippen molar-refractivity contribution in [2.75, 3.05) is 25.4 Å². The molecule has 0 radical (unpaired) electrons. The summed E-state index contributed by atoms with van der Waals surface area (Å²) in [4.78, 5) is 13.1. The Kier molecular flexibility index (Phi) is 7.57. The third-order valence-electron chi connectivity index (χ3n) is 3.91. The fourth-order valence-electron chi connectivity index (χ4n) is 2.35. The van der Waals surface area contributed by atoms with Gasteiger partial charge in [0.05, 0.1) is 5.75 Å². The molecule has 1 fully saturated rings. The van der Waals surface area contributed by atoms with Crippen molar-refractivity contribution < 1.29 is 4.79 Å². The molecule has 0 atom stereocenters. The van der Waals surface area contributed by atoms with Gasteiger partial charge in [-0.05, 0) is 50.4 Å². The summed E-state index contributed by atoms with van der Waals surface area (Å²) in [6.07, 6.45) is 2.27. The van der Waals surface area contributed by atoms with Crippen LogP contribution >= 0.6 is 24.2 Å². The van der Waals surface area contributed by atoms with Gasteiger partial charge >= 0.3 is 0 Å². The zero-order valence-electron chi connectivity index (χ0n) is 12.8. The lowest BCUT2D eigenvalue weighted by atomic mass is 9.81.